The van der Waals surface area contributed by atoms with E-state index in [1.807, 2.05) is 61.5 Å². The highest BCUT2D eigenvalue weighted by Gasteiger charge is 2.15. The first-order valence-electron chi connectivity index (χ1n) is 9.15. The van der Waals surface area contributed by atoms with Crippen LogP contribution in [-0.2, 0) is 9.84 Å². The second-order valence-electron chi connectivity index (χ2n) is 6.72. The van der Waals surface area contributed by atoms with Gasteiger partial charge in [-0.3, -0.25) is 4.79 Å². The van der Waals surface area contributed by atoms with E-state index in [9.17, 15) is 13.2 Å². The van der Waals surface area contributed by atoms with Crippen molar-refractivity contribution in [2.24, 2.45) is 0 Å². The predicted molar refractivity (Wildman–Crippen MR) is 112 cm³/mol. The number of carbonyl (C=O) groups excluding carboxylic acids is 1. The Morgan fingerprint density at radius 3 is 1.96 bits per heavy atom. The fourth-order valence-electron chi connectivity index (χ4n) is 3.05. The molecule has 4 nitrogen and oxygen atoms in total. The molecule has 0 saturated heterocycles. The highest BCUT2D eigenvalue weighted by atomic mass is 32.2. The van der Waals surface area contributed by atoms with Crippen LogP contribution in [0.4, 0.5) is 0 Å². The molecule has 3 aromatic carbocycles. The van der Waals surface area contributed by atoms with Crippen LogP contribution in [0.3, 0.4) is 0 Å². The van der Waals surface area contributed by atoms with Gasteiger partial charge in [-0.15, -0.1) is 0 Å². The van der Waals surface area contributed by atoms with Gasteiger partial charge in [0.1, 0.15) is 0 Å². The third-order valence-corrected chi connectivity index (χ3v) is 5.81. The van der Waals surface area contributed by atoms with E-state index in [2.05, 4.69) is 5.32 Å². The number of carbonyl (C=O) groups is 1. The second-order valence-corrected chi connectivity index (χ2v) is 8.73. The van der Waals surface area contributed by atoms with Gasteiger partial charge >= 0.3 is 0 Å². The van der Waals surface area contributed by atoms with Crippen LogP contribution in [0.25, 0.3) is 11.1 Å². The lowest BCUT2D eigenvalue weighted by Crippen LogP contribution is -2.28. The van der Waals surface area contributed by atoms with Crippen LogP contribution in [-0.4, -0.2) is 20.6 Å². The molecule has 1 amide bonds. The first-order valence-corrected chi connectivity index (χ1v) is 11.0. The zero-order valence-electron chi connectivity index (χ0n) is 15.9. The first-order chi connectivity index (χ1) is 13.4. The summed E-state index contributed by atoms with van der Waals surface area (Å²) in [6.07, 6.45) is 1.88. The van der Waals surface area contributed by atoms with E-state index in [1.54, 1.807) is 24.3 Å². The topological polar surface area (TPSA) is 63.2 Å². The summed E-state index contributed by atoms with van der Waals surface area (Å²) in [5, 5.41) is 3.03. The number of sulfone groups is 1. The van der Waals surface area contributed by atoms with Crippen molar-refractivity contribution in [2.75, 3.05) is 6.26 Å². The van der Waals surface area contributed by atoms with Crippen LogP contribution in [0, 0.1) is 0 Å². The van der Waals surface area contributed by atoms with Gasteiger partial charge in [0.2, 0.25) is 0 Å². The minimum Gasteiger partial charge on any atom is -0.345 e. The van der Waals surface area contributed by atoms with Crippen LogP contribution in [0.5, 0.6) is 0 Å². The van der Waals surface area contributed by atoms with E-state index in [0.29, 0.717) is 12.0 Å². The Hall–Kier alpha value is -2.92. The lowest BCUT2D eigenvalue weighted by Gasteiger charge is -2.18. The van der Waals surface area contributed by atoms with Crippen molar-refractivity contribution in [3.05, 3.63) is 90.0 Å². The van der Waals surface area contributed by atoms with Crippen molar-refractivity contribution in [2.45, 2.75) is 24.3 Å². The Bertz CT molecular complexity index is 1040. The second kappa shape index (κ2) is 8.40. The van der Waals surface area contributed by atoms with Crippen molar-refractivity contribution in [1.29, 1.82) is 0 Å². The molecular formula is C23H23NO3S. The van der Waals surface area contributed by atoms with Crippen molar-refractivity contribution in [3.63, 3.8) is 0 Å². The maximum absolute atomic E-state index is 12.7. The molecule has 0 spiro atoms. The molecule has 1 atom stereocenters. The number of benzene rings is 3. The van der Waals surface area contributed by atoms with Gasteiger partial charge in [0.25, 0.3) is 5.91 Å². The van der Waals surface area contributed by atoms with Crippen molar-refractivity contribution in [3.8, 4) is 11.1 Å². The summed E-state index contributed by atoms with van der Waals surface area (Å²) in [4.78, 5) is 12.9. The van der Waals surface area contributed by atoms with Gasteiger partial charge in [-0.2, -0.15) is 0 Å². The molecule has 0 radical (unpaired) electrons. The SMILES string of the molecule is CC[C@H](NC(=O)c1ccc(-c2ccccc2)cc1)c1ccc(S(C)(=O)=O)cc1. The summed E-state index contributed by atoms with van der Waals surface area (Å²) < 4.78 is 23.2. The molecule has 3 rings (SSSR count). The van der Waals surface area contributed by atoms with E-state index in [-0.39, 0.29) is 16.8 Å². The molecule has 0 bridgehead atoms. The van der Waals surface area contributed by atoms with Crippen molar-refractivity contribution < 1.29 is 13.2 Å². The molecule has 5 heteroatoms. The molecule has 1 N–H and O–H groups in total. The largest absolute Gasteiger partial charge is 0.345 e. The fourth-order valence-corrected chi connectivity index (χ4v) is 3.69. The summed E-state index contributed by atoms with van der Waals surface area (Å²) in [6.45, 7) is 1.98. The van der Waals surface area contributed by atoms with Gasteiger partial charge in [0.15, 0.2) is 9.84 Å². The minimum absolute atomic E-state index is 0.154. The smallest absolute Gasteiger partial charge is 0.251 e. The van der Waals surface area contributed by atoms with E-state index in [0.717, 1.165) is 16.7 Å². The Morgan fingerprint density at radius 1 is 0.857 bits per heavy atom. The molecule has 0 heterocycles. The number of hydrogen-bond donors (Lipinski definition) is 1. The van der Waals surface area contributed by atoms with Crippen LogP contribution in [0.1, 0.15) is 35.3 Å². The average Bonchev–Trinajstić information content (AvgIpc) is 2.72. The molecule has 0 unspecified atom stereocenters. The van der Waals surface area contributed by atoms with Crippen LogP contribution in [0.15, 0.2) is 83.8 Å². The van der Waals surface area contributed by atoms with Gasteiger partial charge in [0.05, 0.1) is 10.9 Å². The molecule has 0 fully saturated rings. The lowest BCUT2D eigenvalue weighted by atomic mass is 10.0. The molecule has 0 aliphatic rings. The van der Waals surface area contributed by atoms with Crippen LogP contribution < -0.4 is 5.32 Å². The van der Waals surface area contributed by atoms with Crippen molar-refractivity contribution >= 4 is 15.7 Å². The molecule has 0 aliphatic carbocycles. The van der Waals surface area contributed by atoms with Crippen LogP contribution >= 0.6 is 0 Å². The number of rotatable bonds is 6. The zero-order valence-corrected chi connectivity index (χ0v) is 16.7. The molecule has 144 valence electrons. The third kappa shape index (κ3) is 4.67. The summed E-state index contributed by atoms with van der Waals surface area (Å²) in [5.41, 5.74) is 3.63. The quantitative estimate of drug-likeness (QED) is 0.664. The Kier molecular flexibility index (Phi) is 5.95. The zero-order chi connectivity index (χ0) is 20.1. The number of hydrogen-bond acceptors (Lipinski definition) is 3. The molecular weight excluding hydrogens is 370 g/mol. The molecule has 28 heavy (non-hydrogen) atoms. The van der Waals surface area contributed by atoms with E-state index >= 15 is 0 Å². The minimum atomic E-state index is -3.23. The summed E-state index contributed by atoms with van der Waals surface area (Å²) in [6, 6.07) is 24.0. The van der Waals surface area contributed by atoms with E-state index in [4.69, 9.17) is 0 Å². The van der Waals surface area contributed by atoms with Crippen LogP contribution in [0.2, 0.25) is 0 Å². The summed E-state index contributed by atoms with van der Waals surface area (Å²) in [7, 11) is -3.23. The van der Waals surface area contributed by atoms with Crippen molar-refractivity contribution in [1.82, 2.24) is 5.32 Å². The lowest BCUT2D eigenvalue weighted by molar-refractivity contribution is 0.0935. The van der Waals surface area contributed by atoms with Gasteiger partial charge in [-0.25, -0.2) is 8.42 Å². The standard InChI is InChI=1S/C23H23NO3S/c1-3-22(19-13-15-21(16-14-19)28(2,26)27)24-23(25)20-11-9-18(10-12-20)17-7-5-4-6-8-17/h4-16,22H,3H2,1-2H3,(H,24,25)/t22-/m0/s1. The van der Waals surface area contributed by atoms with E-state index < -0.39 is 9.84 Å². The normalized spacial score (nSPS) is 12.4. The summed E-state index contributed by atoms with van der Waals surface area (Å²) in [5.74, 6) is -0.154. The molecule has 0 aromatic heterocycles. The first kappa shape index (κ1) is 19.8. The summed E-state index contributed by atoms with van der Waals surface area (Å²) >= 11 is 0. The number of nitrogens with one attached hydrogen (secondary N) is 1. The predicted octanol–water partition coefficient (Wildman–Crippen LogP) is 4.64. The van der Waals surface area contributed by atoms with Gasteiger partial charge in [-0.05, 0) is 47.4 Å². The Labute approximate surface area is 166 Å². The number of amides is 1. The van der Waals surface area contributed by atoms with E-state index in [1.165, 1.54) is 6.26 Å². The van der Waals surface area contributed by atoms with Gasteiger partial charge in [-0.1, -0.05) is 61.5 Å². The maximum Gasteiger partial charge on any atom is 0.251 e. The monoisotopic (exact) mass is 393 g/mol. The average molecular weight is 394 g/mol. The van der Waals surface area contributed by atoms with Gasteiger partial charge < -0.3 is 5.32 Å². The highest BCUT2D eigenvalue weighted by molar-refractivity contribution is 7.90. The maximum atomic E-state index is 12.7. The molecule has 0 saturated carbocycles. The molecule has 3 aromatic rings. The third-order valence-electron chi connectivity index (χ3n) is 4.68. The van der Waals surface area contributed by atoms with Gasteiger partial charge in [0, 0.05) is 11.8 Å². The highest BCUT2D eigenvalue weighted by Crippen LogP contribution is 2.22. The Morgan fingerprint density at radius 2 is 1.43 bits per heavy atom. The fraction of sp³-hybridized carbons (Fsp3) is 0.174. The molecule has 0 aliphatic heterocycles. The Balaban J connectivity index is 1.73.